The fourth-order valence-corrected chi connectivity index (χ4v) is 2.91. The van der Waals surface area contributed by atoms with Gasteiger partial charge in [-0.1, -0.05) is 42.5 Å². The molecule has 4 heteroatoms. The van der Waals surface area contributed by atoms with Crippen LogP contribution in [0, 0.1) is 0 Å². The van der Waals surface area contributed by atoms with E-state index < -0.39 is 0 Å². The van der Waals surface area contributed by atoms with Crippen molar-refractivity contribution in [3.63, 3.8) is 0 Å². The first kappa shape index (κ1) is 15.4. The number of benzene rings is 2. The summed E-state index contributed by atoms with van der Waals surface area (Å²) in [4.78, 5) is 18.4. The smallest absolute Gasteiger partial charge is 0.254 e. The molecule has 1 amide bonds. The zero-order chi connectivity index (χ0) is 17.1. The first-order valence-electron chi connectivity index (χ1n) is 8.31. The third kappa shape index (κ3) is 3.38. The Bertz CT molecular complexity index is 842. The molecular formula is C21H18N2O2. The van der Waals surface area contributed by atoms with E-state index in [0.717, 1.165) is 16.9 Å². The second kappa shape index (κ2) is 6.77. The highest BCUT2D eigenvalue weighted by Gasteiger charge is 2.32. The lowest BCUT2D eigenvalue weighted by molar-refractivity contribution is 0.0176. The quantitative estimate of drug-likeness (QED) is 0.733. The lowest BCUT2D eigenvalue weighted by Crippen LogP contribution is -2.56. The van der Waals surface area contributed by atoms with Crippen LogP contribution < -0.4 is 4.74 Å². The number of amides is 1. The lowest BCUT2D eigenvalue weighted by atomic mass is 10.0. The highest BCUT2D eigenvalue weighted by molar-refractivity contribution is 5.95. The normalized spacial score (nSPS) is 14.0. The van der Waals surface area contributed by atoms with Crippen molar-refractivity contribution in [3.05, 3.63) is 84.7 Å². The van der Waals surface area contributed by atoms with Gasteiger partial charge in [0.05, 0.1) is 19.3 Å². The number of aromatic nitrogens is 1. The fraction of sp³-hybridized carbons (Fsp3) is 0.143. The first-order valence-corrected chi connectivity index (χ1v) is 8.31. The Balaban J connectivity index is 1.36. The molecule has 2 heterocycles. The minimum atomic E-state index is 0.0386. The summed E-state index contributed by atoms with van der Waals surface area (Å²) in [6.45, 7) is 1.21. The van der Waals surface area contributed by atoms with Crippen LogP contribution in [-0.4, -0.2) is 35.0 Å². The fourth-order valence-electron chi connectivity index (χ4n) is 2.91. The highest BCUT2D eigenvalue weighted by atomic mass is 16.5. The summed E-state index contributed by atoms with van der Waals surface area (Å²) in [7, 11) is 0. The molecule has 1 aliphatic heterocycles. The number of likely N-dealkylation sites (tertiary alicyclic amines) is 1. The Morgan fingerprint density at radius 2 is 1.64 bits per heavy atom. The van der Waals surface area contributed by atoms with Crippen LogP contribution in [0.5, 0.6) is 5.75 Å². The monoisotopic (exact) mass is 330 g/mol. The Hall–Kier alpha value is -3.14. The van der Waals surface area contributed by atoms with E-state index in [9.17, 15) is 4.79 Å². The van der Waals surface area contributed by atoms with Crippen LogP contribution in [0.1, 0.15) is 10.4 Å². The predicted molar refractivity (Wildman–Crippen MR) is 96.4 cm³/mol. The van der Waals surface area contributed by atoms with Crippen LogP contribution in [0.4, 0.5) is 0 Å². The third-order valence-corrected chi connectivity index (χ3v) is 4.31. The zero-order valence-corrected chi connectivity index (χ0v) is 13.7. The SMILES string of the molecule is O=C(c1ccc(-c2ccccc2)cc1)N1CC(Oc2cccnc2)C1. The van der Waals surface area contributed by atoms with Crippen molar-refractivity contribution in [2.45, 2.75) is 6.10 Å². The largest absolute Gasteiger partial charge is 0.485 e. The maximum atomic E-state index is 12.5. The molecule has 0 aliphatic carbocycles. The minimum absolute atomic E-state index is 0.0386. The van der Waals surface area contributed by atoms with Gasteiger partial charge in [0.15, 0.2) is 0 Å². The average Bonchev–Trinajstić information content (AvgIpc) is 2.65. The van der Waals surface area contributed by atoms with Gasteiger partial charge in [0, 0.05) is 11.8 Å². The molecule has 1 aliphatic rings. The van der Waals surface area contributed by atoms with Crippen LogP contribution in [0.15, 0.2) is 79.1 Å². The van der Waals surface area contributed by atoms with Crippen LogP contribution in [0.2, 0.25) is 0 Å². The Labute approximate surface area is 146 Å². The van der Waals surface area contributed by atoms with Crippen molar-refractivity contribution in [2.75, 3.05) is 13.1 Å². The molecule has 0 atom stereocenters. The van der Waals surface area contributed by atoms with E-state index in [1.54, 1.807) is 17.3 Å². The van der Waals surface area contributed by atoms with Crippen molar-refractivity contribution < 1.29 is 9.53 Å². The van der Waals surface area contributed by atoms with Gasteiger partial charge in [-0.15, -0.1) is 0 Å². The van der Waals surface area contributed by atoms with Crippen LogP contribution >= 0.6 is 0 Å². The maximum absolute atomic E-state index is 12.5. The van der Waals surface area contributed by atoms with Gasteiger partial charge >= 0.3 is 0 Å². The summed E-state index contributed by atoms with van der Waals surface area (Å²) in [5.74, 6) is 0.789. The summed E-state index contributed by atoms with van der Waals surface area (Å²) in [6.07, 6.45) is 3.44. The molecule has 0 N–H and O–H groups in total. The van der Waals surface area contributed by atoms with Gasteiger partial charge in [-0.25, -0.2) is 0 Å². The number of ether oxygens (including phenoxy) is 1. The van der Waals surface area contributed by atoms with Gasteiger partial charge < -0.3 is 9.64 Å². The predicted octanol–water partition coefficient (Wildman–Crippen LogP) is 3.65. The summed E-state index contributed by atoms with van der Waals surface area (Å²) in [5.41, 5.74) is 2.97. The highest BCUT2D eigenvalue weighted by Crippen LogP contribution is 2.22. The molecule has 1 aromatic heterocycles. The summed E-state index contributed by atoms with van der Waals surface area (Å²) in [5, 5.41) is 0. The Morgan fingerprint density at radius 3 is 2.32 bits per heavy atom. The van der Waals surface area contributed by atoms with Crippen molar-refractivity contribution >= 4 is 5.91 Å². The molecule has 1 saturated heterocycles. The molecular weight excluding hydrogens is 312 g/mol. The molecule has 2 aromatic carbocycles. The van der Waals surface area contributed by atoms with E-state index in [0.29, 0.717) is 18.7 Å². The molecule has 25 heavy (non-hydrogen) atoms. The van der Waals surface area contributed by atoms with Crippen molar-refractivity contribution in [3.8, 4) is 16.9 Å². The average molecular weight is 330 g/mol. The summed E-state index contributed by atoms with van der Waals surface area (Å²) in [6, 6.07) is 21.6. The number of carbonyl (C=O) groups excluding carboxylic acids is 1. The molecule has 0 radical (unpaired) electrons. The van der Waals surface area contributed by atoms with Crippen molar-refractivity contribution in [1.29, 1.82) is 0 Å². The zero-order valence-electron chi connectivity index (χ0n) is 13.7. The number of hydrogen-bond acceptors (Lipinski definition) is 3. The standard InChI is InChI=1S/C21H18N2O2/c24-21(23-14-20(15-23)25-19-7-4-12-22-13-19)18-10-8-17(9-11-18)16-5-2-1-3-6-16/h1-13,20H,14-15H2. The second-order valence-electron chi connectivity index (χ2n) is 6.08. The summed E-state index contributed by atoms with van der Waals surface area (Å²) >= 11 is 0. The van der Waals surface area contributed by atoms with Gasteiger partial charge in [-0.3, -0.25) is 9.78 Å². The van der Waals surface area contributed by atoms with Gasteiger partial charge in [-0.2, -0.15) is 0 Å². The van der Waals surface area contributed by atoms with Gasteiger partial charge in [-0.05, 0) is 35.4 Å². The van der Waals surface area contributed by atoms with E-state index in [4.69, 9.17) is 4.74 Å². The molecule has 3 aromatic rings. The van der Waals surface area contributed by atoms with Gasteiger partial charge in [0.25, 0.3) is 5.91 Å². The van der Waals surface area contributed by atoms with E-state index in [2.05, 4.69) is 17.1 Å². The van der Waals surface area contributed by atoms with E-state index in [1.807, 2.05) is 54.6 Å². The second-order valence-corrected chi connectivity index (χ2v) is 6.08. The van der Waals surface area contributed by atoms with Crippen LogP contribution in [0.3, 0.4) is 0 Å². The molecule has 4 rings (SSSR count). The van der Waals surface area contributed by atoms with Gasteiger partial charge in [0.2, 0.25) is 0 Å². The topological polar surface area (TPSA) is 42.4 Å². The molecule has 0 spiro atoms. The van der Waals surface area contributed by atoms with E-state index >= 15 is 0 Å². The number of nitrogens with zero attached hydrogens (tertiary/aromatic N) is 2. The van der Waals surface area contributed by atoms with Crippen LogP contribution in [-0.2, 0) is 0 Å². The maximum Gasteiger partial charge on any atom is 0.254 e. The minimum Gasteiger partial charge on any atom is -0.485 e. The molecule has 0 saturated carbocycles. The summed E-state index contributed by atoms with van der Waals surface area (Å²) < 4.78 is 5.79. The Morgan fingerprint density at radius 1 is 0.920 bits per heavy atom. The lowest BCUT2D eigenvalue weighted by Gasteiger charge is -2.38. The van der Waals surface area contributed by atoms with Crippen molar-refractivity contribution in [1.82, 2.24) is 9.88 Å². The number of hydrogen-bond donors (Lipinski definition) is 0. The van der Waals surface area contributed by atoms with E-state index in [1.165, 1.54) is 0 Å². The van der Waals surface area contributed by atoms with Gasteiger partial charge in [0.1, 0.15) is 11.9 Å². The number of carbonyl (C=O) groups is 1. The van der Waals surface area contributed by atoms with E-state index in [-0.39, 0.29) is 12.0 Å². The first-order chi connectivity index (χ1) is 12.3. The Kier molecular flexibility index (Phi) is 4.17. The number of pyridine rings is 1. The van der Waals surface area contributed by atoms with Crippen molar-refractivity contribution in [2.24, 2.45) is 0 Å². The molecule has 0 bridgehead atoms. The third-order valence-electron chi connectivity index (χ3n) is 4.31. The van der Waals surface area contributed by atoms with Crippen LogP contribution in [0.25, 0.3) is 11.1 Å². The molecule has 0 unspecified atom stereocenters. The molecule has 4 nitrogen and oxygen atoms in total. The molecule has 124 valence electrons. The molecule has 1 fully saturated rings. The number of rotatable bonds is 4.